The maximum Gasteiger partial charge on any atom is 0.262 e. The summed E-state index contributed by atoms with van der Waals surface area (Å²) in [4.78, 5) is 32.0. The van der Waals surface area contributed by atoms with Crippen LogP contribution in [-0.2, 0) is 31.2 Å². The summed E-state index contributed by atoms with van der Waals surface area (Å²) in [6.07, 6.45) is 3.12. The van der Waals surface area contributed by atoms with Gasteiger partial charge in [0.1, 0.15) is 4.83 Å². The number of rotatable bonds is 5. The Labute approximate surface area is 172 Å². The van der Waals surface area contributed by atoms with E-state index in [1.54, 1.807) is 23.0 Å². The van der Waals surface area contributed by atoms with Crippen LogP contribution in [0.5, 0.6) is 0 Å². The first kappa shape index (κ1) is 19.2. The Morgan fingerprint density at radius 1 is 1.36 bits per heavy atom. The standard InChI is InChI=1S/C21H23N3O2S2/c1-13-8-9-15-16(10-13)28-19-18(15)20(26)24(2)21(23-19)27-12-17(25)22-11-14-6-4-3-5-7-14/h3-7,13H,8-12H2,1-2H3,(H,22,25)/t13-/m1/s1. The fourth-order valence-corrected chi connectivity index (χ4v) is 5.78. The van der Waals surface area contributed by atoms with Crippen molar-refractivity contribution in [2.24, 2.45) is 13.0 Å². The molecule has 4 rings (SSSR count). The Balaban J connectivity index is 1.49. The molecule has 0 spiro atoms. The average molecular weight is 414 g/mol. The van der Waals surface area contributed by atoms with Gasteiger partial charge in [-0.05, 0) is 36.3 Å². The lowest BCUT2D eigenvalue weighted by atomic mass is 9.89. The fraction of sp³-hybridized carbons (Fsp3) is 0.381. The van der Waals surface area contributed by atoms with Crippen LogP contribution in [0.4, 0.5) is 0 Å². The van der Waals surface area contributed by atoms with Crippen molar-refractivity contribution in [2.75, 3.05) is 5.75 Å². The van der Waals surface area contributed by atoms with E-state index >= 15 is 0 Å². The first-order valence-electron chi connectivity index (χ1n) is 9.47. The summed E-state index contributed by atoms with van der Waals surface area (Å²) in [6, 6.07) is 9.81. The number of hydrogen-bond acceptors (Lipinski definition) is 5. The van der Waals surface area contributed by atoms with E-state index in [-0.39, 0.29) is 17.2 Å². The van der Waals surface area contributed by atoms with E-state index in [1.807, 2.05) is 30.3 Å². The van der Waals surface area contributed by atoms with Gasteiger partial charge in [-0.25, -0.2) is 4.98 Å². The number of nitrogens with zero attached hydrogens (tertiary/aromatic N) is 2. The second-order valence-corrected chi connectivity index (χ2v) is 9.37. The van der Waals surface area contributed by atoms with Crippen LogP contribution in [0.25, 0.3) is 10.2 Å². The molecular weight excluding hydrogens is 390 g/mol. The topological polar surface area (TPSA) is 64.0 Å². The predicted molar refractivity (Wildman–Crippen MR) is 115 cm³/mol. The maximum atomic E-state index is 12.9. The molecule has 5 nitrogen and oxygen atoms in total. The predicted octanol–water partition coefficient (Wildman–Crippen LogP) is 3.53. The molecule has 146 valence electrons. The Kier molecular flexibility index (Phi) is 5.55. The van der Waals surface area contributed by atoms with Crippen molar-refractivity contribution in [3.63, 3.8) is 0 Å². The van der Waals surface area contributed by atoms with Crippen LogP contribution in [0.3, 0.4) is 0 Å². The van der Waals surface area contributed by atoms with Crippen molar-refractivity contribution in [1.29, 1.82) is 0 Å². The van der Waals surface area contributed by atoms with Crippen LogP contribution in [0, 0.1) is 5.92 Å². The molecule has 2 heterocycles. The molecule has 7 heteroatoms. The molecule has 2 aromatic heterocycles. The first-order valence-corrected chi connectivity index (χ1v) is 11.3. The van der Waals surface area contributed by atoms with E-state index in [9.17, 15) is 9.59 Å². The maximum absolute atomic E-state index is 12.9. The highest BCUT2D eigenvalue weighted by atomic mass is 32.2. The highest BCUT2D eigenvalue weighted by Gasteiger charge is 2.24. The Morgan fingerprint density at radius 2 is 2.14 bits per heavy atom. The number of fused-ring (bicyclic) bond motifs is 3. The van der Waals surface area contributed by atoms with Crippen molar-refractivity contribution in [3.8, 4) is 0 Å². The molecule has 0 saturated heterocycles. The molecule has 1 aromatic carbocycles. The molecule has 0 fully saturated rings. The summed E-state index contributed by atoms with van der Waals surface area (Å²) in [5.41, 5.74) is 2.26. The third kappa shape index (κ3) is 3.86. The Morgan fingerprint density at radius 3 is 2.93 bits per heavy atom. The monoisotopic (exact) mass is 413 g/mol. The van der Waals surface area contributed by atoms with Gasteiger partial charge < -0.3 is 5.32 Å². The molecule has 28 heavy (non-hydrogen) atoms. The van der Waals surface area contributed by atoms with Crippen LogP contribution in [0.2, 0.25) is 0 Å². The SMILES string of the molecule is C[C@@H]1CCc2c(sc3nc(SCC(=O)NCc4ccccc4)n(C)c(=O)c23)C1. The van der Waals surface area contributed by atoms with E-state index in [0.717, 1.165) is 35.0 Å². The summed E-state index contributed by atoms with van der Waals surface area (Å²) in [5.74, 6) is 0.829. The van der Waals surface area contributed by atoms with E-state index in [4.69, 9.17) is 4.98 Å². The van der Waals surface area contributed by atoms with E-state index in [2.05, 4.69) is 12.2 Å². The molecule has 1 atom stereocenters. The smallest absolute Gasteiger partial charge is 0.262 e. The van der Waals surface area contributed by atoms with Crippen LogP contribution >= 0.6 is 23.1 Å². The van der Waals surface area contributed by atoms with Gasteiger partial charge in [-0.1, -0.05) is 49.0 Å². The number of benzene rings is 1. The number of carbonyl (C=O) groups excluding carboxylic acids is 1. The third-order valence-electron chi connectivity index (χ3n) is 5.16. The summed E-state index contributed by atoms with van der Waals surface area (Å²) < 4.78 is 1.59. The van der Waals surface area contributed by atoms with E-state index in [0.29, 0.717) is 17.6 Å². The molecule has 1 aliphatic rings. The summed E-state index contributed by atoms with van der Waals surface area (Å²) >= 11 is 2.96. The lowest BCUT2D eigenvalue weighted by Gasteiger charge is -2.17. The van der Waals surface area contributed by atoms with Crippen molar-refractivity contribution in [2.45, 2.75) is 37.9 Å². The van der Waals surface area contributed by atoms with Crippen LogP contribution < -0.4 is 10.9 Å². The zero-order valence-corrected chi connectivity index (χ0v) is 17.7. The van der Waals surface area contributed by atoms with Crippen LogP contribution in [-0.4, -0.2) is 21.2 Å². The number of nitrogens with one attached hydrogen (secondary N) is 1. The molecule has 0 aliphatic heterocycles. The van der Waals surface area contributed by atoms with Crippen molar-refractivity contribution >= 4 is 39.2 Å². The quantitative estimate of drug-likeness (QED) is 0.513. The zero-order chi connectivity index (χ0) is 19.7. The van der Waals surface area contributed by atoms with Gasteiger partial charge in [0.15, 0.2) is 5.16 Å². The number of aryl methyl sites for hydroxylation is 1. The molecular formula is C21H23N3O2S2. The molecule has 1 amide bonds. The largest absolute Gasteiger partial charge is 0.351 e. The van der Waals surface area contributed by atoms with Gasteiger partial charge >= 0.3 is 0 Å². The molecule has 1 N–H and O–H groups in total. The minimum Gasteiger partial charge on any atom is -0.351 e. The van der Waals surface area contributed by atoms with Crippen molar-refractivity contribution in [3.05, 3.63) is 56.7 Å². The third-order valence-corrected chi connectivity index (χ3v) is 7.34. The fourth-order valence-electron chi connectivity index (χ4n) is 3.56. The van der Waals surface area contributed by atoms with Crippen LogP contribution in [0.15, 0.2) is 40.3 Å². The van der Waals surface area contributed by atoms with Gasteiger partial charge in [-0.2, -0.15) is 0 Å². The lowest BCUT2D eigenvalue weighted by Crippen LogP contribution is -2.26. The number of carbonyl (C=O) groups is 1. The molecule has 0 radical (unpaired) electrons. The van der Waals surface area contributed by atoms with Crippen molar-refractivity contribution in [1.82, 2.24) is 14.9 Å². The van der Waals surface area contributed by atoms with Gasteiger partial charge in [-0.3, -0.25) is 14.2 Å². The van der Waals surface area contributed by atoms with Gasteiger partial charge in [0.2, 0.25) is 5.91 Å². The summed E-state index contributed by atoms with van der Waals surface area (Å²) in [5, 5.41) is 4.29. The molecule has 0 saturated carbocycles. The molecule has 0 bridgehead atoms. The second kappa shape index (κ2) is 8.09. The van der Waals surface area contributed by atoms with Gasteiger partial charge in [0.05, 0.1) is 11.1 Å². The minimum atomic E-state index is -0.0671. The number of thioether (sulfide) groups is 1. The second-order valence-electron chi connectivity index (χ2n) is 7.34. The summed E-state index contributed by atoms with van der Waals surface area (Å²) in [7, 11) is 1.74. The number of aromatic nitrogens is 2. The minimum absolute atomic E-state index is 0.00393. The average Bonchev–Trinajstić information content (AvgIpc) is 3.06. The van der Waals surface area contributed by atoms with Crippen molar-refractivity contribution < 1.29 is 4.79 Å². The molecule has 3 aromatic rings. The van der Waals surface area contributed by atoms with E-state index in [1.165, 1.54) is 22.2 Å². The van der Waals surface area contributed by atoms with Crippen LogP contribution in [0.1, 0.15) is 29.3 Å². The Hall–Kier alpha value is -2.12. The lowest BCUT2D eigenvalue weighted by molar-refractivity contribution is -0.118. The highest BCUT2D eigenvalue weighted by Crippen LogP contribution is 2.36. The van der Waals surface area contributed by atoms with Gasteiger partial charge in [0.25, 0.3) is 5.56 Å². The number of thiophene rings is 1. The number of amides is 1. The van der Waals surface area contributed by atoms with E-state index < -0.39 is 0 Å². The van der Waals surface area contributed by atoms with Gasteiger partial charge in [0, 0.05) is 18.5 Å². The zero-order valence-electron chi connectivity index (χ0n) is 16.0. The number of hydrogen-bond donors (Lipinski definition) is 1. The summed E-state index contributed by atoms with van der Waals surface area (Å²) in [6.45, 7) is 2.76. The highest BCUT2D eigenvalue weighted by molar-refractivity contribution is 7.99. The molecule has 1 aliphatic carbocycles. The molecule has 0 unspecified atom stereocenters. The first-order chi connectivity index (χ1) is 13.5. The van der Waals surface area contributed by atoms with Gasteiger partial charge in [-0.15, -0.1) is 11.3 Å². The normalized spacial score (nSPS) is 16.1. The Bertz CT molecular complexity index is 1070.